The number of rotatable bonds is 5. The fourth-order valence-electron chi connectivity index (χ4n) is 2.40. The van der Waals surface area contributed by atoms with E-state index in [1.54, 1.807) is 18.3 Å². The molecule has 0 unspecified atom stereocenters. The van der Waals surface area contributed by atoms with Gasteiger partial charge in [-0.15, -0.1) is 0 Å². The van der Waals surface area contributed by atoms with Crippen LogP contribution in [0, 0.1) is 0 Å². The molecule has 2 aromatic heterocycles. The zero-order valence-corrected chi connectivity index (χ0v) is 13.2. The predicted octanol–water partition coefficient (Wildman–Crippen LogP) is 3.74. The minimum atomic E-state index is -0.368. The van der Waals surface area contributed by atoms with Gasteiger partial charge in [-0.2, -0.15) is 0 Å². The third kappa shape index (κ3) is 3.51. The second kappa shape index (κ2) is 6.52. The molecule has 3 rings (SSSR count). The first-order valence-electron chi connectivity index (χ1n) is 7.60. The van der Waals surface area contributed by atoms with Crippen molar-refractivity contribution in [2.75, 3.05) is 5.32 Å². The summed E-state index contributed by atoms with van der Waals surface area (Å²) in [6, 6.07) is 13.6. The summed E-state index contributed by atoms with van der Waals surface area (Å²) in [4.78, 5) is 19.7. The van der Waals surface area contributed by atoms with E-state index in [0.29, 0.717) is 17.9 Å². The number of esters is 1. The van der Waals surface area contributed by atoms with Crippen molar-refractivity contribution < 1.29 is 9.53 Å². The second-order valence-electron chi connectivity index (χ2n) is 5.59. The summed E-state index contributed by atoms with van der Waals surface area (Å²) in [5.41, 5.74) is 2.56. The van der Waals surface area contributed by atoms with Gasteiger partial charge in [-0.05, 0) is 43.5 Å². The maximum Gasteiger partial charge on any atom is 0.342 e. The number of hydrogen-bond donors (Lipinski definition) is 2. The van der Waals surface area contributed by atoms with Gasteiger partial charge in [0.05, 0.1) is 12.6 Å². The maximum absolute atomic E-state index is 12.1. The summed E-state index contributed by atoms with van der Waals surface area (Å²) < 4.78 is 5.25. The van der Waals surface area contributed by atoms with Crippen molar-refractivity contribution >= 4 is 22.7 Å². The van der Waals surface area contributed by atoms with Gasteiger partial charge >= 0.3 is 5.97 Å². The zero-order valence-electron chi connectivity index (χ0n) is 13.2. The highest BCUT2D eigenvalue weighted by atomic mass is 16.5. The Hall–Kier alpha value is -2.82. The highest BCUT2D eigenvalue weighted by molar-refractivity contribution is 5.94. The minimum absolute atomic E-state index is 0.163. The largest absolute Gasteiger partial charge is 0.459 e. The smallest absolute Gasteiger partial charge is 0.342 e. The molecule has 0 saturated heterocycles. The second-order valence-corrected chi connectivity index (χ2v) is 5.59. The predicted molar refractivity (Wildman–Crippen MR) is 90.4 cm³/mol. The summed E-state index contributed by atoms with van der Waals surface area (Å²) in [7, 11) is 0. The molecule has 5 nitrogen and oxygen atoms in total. The minimum Gasteiger partial charge on any atom is -0.459 e. The van der Waals surface area contributed by atoms with Crippen LogP contribution in [0.3, 0.4) is 0 Å². The van der Waals surface area contributed by atoms with E-state index in [9.17, 15) is 4.79 Å². The van der Waals surface area contributed by atoms with Crippen molar-refractivity contribution in [1.82, 2.24) is 9.97 Å². The zero-order chi connectivity index (χ0) is 16.2. The van der Waals surface area contributed by atoms with Crippen molar-refractivity contribution in [3.05, 3.63) is 59.9 Å². The van der Waals surface area contributed by atoms with Crippen LogP contribution >= 0.6 is 0 Å². The first-order valence-corrected chi connectivity index (χ1v) is 7.60. The van der Waals surface area contributed by atoms with Crippen molar-refractivity contribution in [3.63, 3.8) is 0 Å². The number of nitrogens with one attached hydrogen (secondary N) is 2. The van der Waals surface area contributed by atoms with Crippen LogP contribution in [0.2, 0.25) is 0 Å². The average Bonchev–Trinajstić information content (AvgIpc) is 2.95. The number of carbonyl (C=O) groups is 1. The van der Waals surface area contributed by atoms with Crippen LogP contribution in [0.4, 0.5) is 5.82 Å². The van der Waals surface area contributed by atoms with Crippen LogP contribution in [0.25, 0.3) is 10.9 Å². The number of ether oxygens (including phenoxy) is 1. The Morgan fingerprint density at radius 3 is 2.87 bits per heavy atom. The van der Waals surface area contributed by atoms with Gasteiger partial charge in [0, 0.05) is 17.4 Å². The van der Waals surface area contributed by atoms with Crippen LogP contribution in [-0.2, 0) is 11.3 Å². The highest BCUT2D eigenvalue weighted by Gasteiger charge is 2.15. The molecule has 5 heteroatoms. The van der Waals surface area contributed by atoms with E-state index in [2.05, 4.69) is 27.4 Å². The number of aromatic amines is 1. The van der Waals surface area contributed by atoms with E-state index < -0.39 is 0 Å². The number of benzene rings is 1. The highest BCUT2D eigenvalue weighted by Crippen LogP contribution is 2.18. The van der Waals surface area contributed by atoms with Gasteiger partial charge in [-0.1, -0.05) is 18.2 Å². The molecule has 0 aliphatic carbocycles. The molecule has 0 amide bonds. The van der Waals surface area contributed by atoms with Gasteiger partial charge in [0.2, 0.25) is 0 Å². The molecule has 0 bridgehead atoms. The summed E-state index contributed by atoms with van der Waals surface area (Å²) in [6.07, 6.45) is 1.49. The molecular formula is C18H19N3O2. The molecule has 2 heterocycles. The quantitative estimate of drug-likeness (QED) is 0.705. The molecule has 1 aromatic carbocycles. The van der Waals surface area contributed by atoms with Crippen molar-refractivity contribution in [1.29, 1.82) is 0 Å². The Kier molecular flexibility index (Phi) is 4.28. The Morgan fingerprint density at radius 2 is 2.09 bits per heavy atom. The topological polar surface area (TPSA) is 67.0 Å². The maximum atomic E-state index is 12.1. The van der Waals surface area contributed by atoms with Gasteiger partial charge in [0.25, 0.3) is 0 Å². The molecule has 0 aliphatic rings. The number of anilines is 1. The molecular weight excluding hydrogens is 290 g/mol. The van der Waals surface area contributed by atoms with Crippen molar-refractivity contribution in [2.45, 2.75) is 26.5 Å². The molecule has 0 saturated carbocycles. The van der Waals surface area contributed by atoms with E-state index in [0.717, 1.165) is 16.6 Å². The lowest BCUT2D eigenvalue weighted by Crippen LogP contribution is -2.15. The van der Waals surface area contributed by atoms with Gasteiger partial charge in [-0.25, -0.2) is 9.78 Å². The van der Waals surface area contributed by atoms with E-state index in [4.69, 9.17) is 4.74 Å². The van der Waals surface area contributed by atoms with Crippen LogP contribution in [0.1, 0.15) is 29.9 Å². The number of para-hydroxylation sites is 1. The first kappa shape index (κ1) is 15.1. The molecule has 3 aromatic rings. The number of carbonyl (C=O) groups excluding carboxylic acids is 1. The number of hydrogen-bond acceptors (Lipinski definition) is 4. The third-order valence-electron chi connectivity index (χ3n) is 3.40. The van der Waals surface area contributed by atoms with Gasteiger partial charge < -0.3 is 15.0 Å². The Labute approximate surface area is 134 Å². The average molecular weight is 309 g/mol. The fourth-order valence-corrected chi connectivity index (χ4v) is 2.40. The summed E-state index contributed by atoms with van der Waals surface area (Å²) in [5.74, 6) is 0.157. The molecule has 2 N–H and O–H groups in total. The Bertz CT molecular complexity index is 791. The van der Waals surface area contributed by atoms with Crippen LogP contribution in [0.15, 0.2) is 48.7 Å². The van der Waals surface area contributed by atoms with Crippen LogP contribution < -0.4 is 5.32 Å². The van der Waals surface area contributed by atoms with Crippen molar-refractivity contribution in [3.8, 4) is 0 Å². The number of aromatic nitrogens is 2. The molecule has 0 aliphatic heterocycles. The normalized spacial score (nSPS) is 10.9. The third-order valence-corrected chi connectivity index (χ3v) is 3.40. The first-order chi connectivity index (χ1) is 11.1. The van der Waals surface area contributed by atoms with Gasteiger partial charge in [0.15, 0.2) is 0 Å². The number of H-pyrrole nitrogens is 1. The van der Waals surface area contributed by atoms with E-state index in [1.807, 2.05) is 32.0 Å². The molecule has 0 fully saturated rings. The monoisotopic (exact) mass is 309 g/mol. The number of nitrogens with zero attached hydrogens (tertiary/aromatic N) is 1. The fraction of sp³-hybridized carbons (Fsp3) is 0.222. The van der Waals surface area contributed by atoms with E-state index in [-0.39, 0.29) is 12.1 Å². The standard InChI is InChI=1S/C18H19N3O2/c1-12(2)23-18(22)15-7-5-9-19-17(15)20-11-14-10-13-6-3-4-8-16(13)21-14/h3-10,12,21H,11H2,1-2H3,(H,19,20). The number of pyridine rings is 1. The molecule has 0 radical (unpaired) electrons. The Balaban J connectivity index is 1.76. The lowest BCUT2D eigenvalue weighted by atomic mass is 10.2. The van der Waals surface area contributed by atoms with Gasteiger partial charge in [0.1, 0.15) is 11.4 Å². The van der Waals surface area contributed by atoms with Crippen LogP contribution in [-0.4, -0.2) is 22.0 Å². The van der Waals surface area contributed by atoms with Gasteiger partial charge in [-0.3, -0.25) is 0 Å². The number of fused-ring (bicyclic) bond motifs is 1. The molecule has 0 spiro atoms. The summed E-state index contributed by atoms with van der Waals surface area (Å²) in [6.45, 7) is 4.20. The molecule has 23 heavy (non-hydrogen) atoms. The summed E-state index contributed by atoms with van der Waals surface area (Å²) >= 11 is 0. The molecule has 118 valence electrons. The van der Waals surface area contributed by atoms with Crippen LogP contribution in [0.5, 0.6) is 0 Å². The SMILES string of the molecule is CC(C)OC(=O)c1cccnc1NCc1cc2ccccc2[nH]1. The van der Waals surface area contributed by atoms with Crippen molar-refractivity contribution in [2.24, 2.45) is 0 Å². The van der Waals surface area contributed by atoms with E-state index in [1.165, 1.54) is 0 Å². The van der Waals surface area contributed by atoms with E-state index >= 15 is 0 Å². The molecule has 0 atom stereocenters. The Morgan fingerprint density at radius 1 is 1.26 bits per heavy atom. The summed E-state index contributed by atoms with van der Waals surface area (Å²) in [5, 5.41) is 4.36. The lowest BCUT2D eigenvalue weighted by Gasteiger charge is -2.11. The lowest BCUT2D eigenvalue weighted by molar-refractivity contribution is 0.0378.